The van der Waals surface area contributed by atoms with E-state index in [0.717, 1.165) is 0 Å². The third-order valence-electron chi connectivity index (χ3n) is 5.01. The molecule has 0 aliphatic carbocycles. The molecule has 3 rings (SSSR count). The number of hydrogen-bond acceptors (Lipinski definition) is 3. The number of aliphatic carboxylic acids is 1. The smallest absolute Gasteiger partial charge is 0.338 e. The molecule has 0 saturated heterocycles. The van der Waals surface area contributed by atoms with Crippen molar-refractivity contribution in [3.63, 3.8) is 0 Å². The largest absolute Gasteiger partial charge is 0.506 e. The van der Waals surface area contributed by atoms with Gasteiger partial charge in [0, 0.05) is 23.1 Å². The maximum Gasteiger partial charge on any atom is 0.338 e. The molecular formula is C22H22ClNO5. The van der Waals surface area contributed by atoms with Gasteiger partial charge in [-0.05, 0) is 42.2 Å². The third-order valence-corrected chi connectivity index (χ3v) is 5.32. The molecule has 0 spiro atoms. The number of fused-ring (bicyclic) bond motifs is 1. The summed E-state index contributed by atoms with van der Waals surface area (Å²) in [6, 6.07) is 9.41. The first kappa shape index (κ1) is 20.7. The number of phenols is 1. The Morgan fingerprint density at radius 1 is 1.14 bits per heavy atom. The zero-order chi connectivity index (χ0) is 21.5. The molecule has 3 N–H and O–H groups in total. The lowest BCUT2D eigenvalue weighted by atomic mass is 9.88. The Bertz CT molecular complexity index is 1120. The van der Waals surface area contributed by atoms with E-state index in [1.54, 1.807) is 25.1 Å². The number of benzene rings is 2. The van der Waals surface area contributed by atoms with E-state index in [1.165, 1.54) is 18.2 Å². The van der Waals surface area contributed by atoms with Crippen molar-refractivity contribution in [3.05, 3.63) is 63.8 Å². The number of aromatic nitrogens is 1. The van der Waals surface area contributed by atoms with E-state index in [1.807, 2.05) is 18.4 Å². The van der Waals surface area contributed by atoms with E-state index in [9.17, 15) is 24.9 Å². The zero-order valence-corrected chi connectivity index (χ0v) is 17.1. The van der Waals surface area contributed by atoms with Gasteiger partial charge in [0.15, 0.2) is 0 Å². The van der Waals surface area contributed by atoms with Crippen molar-refractivity contribution >= 4 is 34.4 Å². The fourth-order valence-corrected chi connectivity index (χ4v) is 3.94. The maximum atomic E-state index is 12.2. The van der Waals surface area contributed by atoms with Crippen LogP contribution in [0.3, 0.4) is 0 Å². The lowest BCUT2D eigenvalue weighted by molar-refractivity contribution is -0.137. The summed E-state index contributed by atoms with van der Waals surface area (Å²) in [6.45, 7) is 6.41. The number of aromatic hydroxyl groups is 1. The second kappa shape index (κ2) is 7.79. The number of phenolic OH excluding ortho intramolecular Hbond substituents is 1. The summed E-state index contributed by atoms with van der Waals surface area (Å²) in [5, 5.41) is 30.3. The normalized spacial score (nSPS) is 12.4. The van der Waals surface area contributed by atoms with Crippen molar-refractivity contribution in [2.24, 2.45) is 5.92 Å². The Balaban J connectivity index is 2.36. The second-order valence-electron chi connectivity index (χ2n) is 7.49. The SMILES string of the molecule is Cc1c(C(=O)O)c2c(C(C(=O)O)c3ccc(Cl)c(O)c3)cccc2n1CC(C)C. The molecule has 0 saturated carbocycles. The molecule has 29 heavy (non-hydrogen) atoms. The minimum absolute atomic E-state index is 0.0979. The molecule has 0 aliphatic rings. The first-order valence-corrected chi connectivity index (χ1v) is 9.57. The van der Waals surface area contributed by atoms with E-state index < -0.39 is 17.9 Å². The van der Waals surface area contributed by atoms with Crippen molar-refractivity contribution in [1.82, 2.24) is 4.57 Å². The van der Waals surface area contributed by atoms with E-state index in [-0.39, 0.29) is 22.3 Å². The molecule has 0 aliphatic heterocycles. The monoisotopic (exact) mass is 415 g/mol. The average molecular weight is 416 g/mol. The average Bonchev–Trinajstić information content (AvgIpc) is 2.90. The number of carboxylic acid groups (broad SMARTS) is 2. The number of aromatic carboxylic acids is 1. The van der Waals surface area contributed by atoms with Crippen LogP contribution in [0.5, 0.6) is 5.75 Å². The Morgan fingerprint density at radius 3 is 2.38 bits per heavy atom. The quantitative estimate of drug-likeness (QED) is 0.532. The lowest BCUT2D eigenvalue weighted by Crippen LogP contribution is -2.14. The van der Waals surface area contributed by atoms with Gasteiger partial charge in [-0.15, -0.1) is 0 Å². The van der Waals surface area contributed by atoms with Crippen LogP contribution in [0.15, 0.2) is 36.4 Å². The van der Waals surface area contributed by atoms with Crippen LogP contribution >= 0.6 is 11.6 Å². The topological polar surface area (TPSA) is 99.8 Å². The van der Waals surface area contributed by atoms with Gasteiger partial charge >= 0.3 is 11.9 Å². The number of hydrogen-bond donors (Lipinski definition) is 3. The van der Waals surface area contributed by atoms with Crippen molar-refractivity contribution < 1.29 is 24.9 Å². The molecule has 1 atom stereocenters. The highest BCUT2D eigenvalue weighted by Crippen LogP contribution is 2.38. The molecule has 7 heteroatoms. The first-order valence-electron chi connectivity index (χ1n) is 9.19. The number of rotatable bonds is 6. The molecule has 3 aromatic rings. The number of carboxylic acids is 2. The van der Waals surface area contributed by atoms with Crippen LogP contribution in [-0.2, 0) is 11.3 Å². The zero-order valence-electron chi connectivity index (χ0n) is 16.3. The van der Waals surface area contributed by atoms with Gasteiger partial charge in [0.2, 0.25) is 0 Å². The van der Waals surface area contributed by atoms with Gasteiger partial charge in [-0.3, -0.25) is 4.79 Å². The van der Waals surface area contributed by atoms with Gasteiger partial charge in [0.25, 0.3) is 0 Å². The van der Waals surface area contributed by atoms with Crippen LogP contribution in [0.25, 0.3) is 10.9 Å². The molecule has 1 heterocycles. The van der Waals surface area contributed by atoms with Crippen molar-refractivity contribution in [2.45, 2.75) is 33.2 Å². The Kier molecular flexibility index (Phi) is 5.57. The summed E-state index contributed by atoms with van der Waals surface area (Å²) in [5.41, 5.74) is 2.03. The minimum Gasteiger partial charge on any atom is -0.506 e. The van der Waals surface area contributed by atoms with Crippen LogP contribution < -0.4 is 0 Å². The molecule has 0 bridgehead atoms. The van der Waals surface area contributed by atoms with Crippen molar-refractivity contribution in [1.29, 1.82) is 0 Å². The standard InChI is InChI=1S/C22H22ClNO5/c1-11(2)10-24-12(3)18(21(26)27)20-14(5-4-6-16(20)24)19(22(28)29)13-7-8-15(23)17(25)9-13/h4-9,11,19,25H,10H2,1-3H3,(H,26,27)(H,28,29). The highest BCUT2D eigenvalue weighted by atomic mass is 35.5. The summed E-state index contributed by atoms with van der Waals surface area (Å²) >= 11 is 5.87. The molecule has 1 unspecified atom stereocenters. The molecule has 2 aromatic carbocycles. The van der Waals surface area contributed by atoms with E-state index in [4.69, 9.17) is 11.6 Å². The van der Waals surface area contributed by atoms with E-state index in [2.05, 4.69) is 0 Å². The van der Waals surface area contributed by atoms with Crippen LogP contribution in [0, 0.1) is 12.8 Å². The molecule has 0 radical (unpaired) electrons. The van der Waals surface area contributed by atoms with Gasteiger partial charge in [0.05, 0.1) is 10.6 Å². The van der Waals surface area contributed by atoms with Gasteiger partial charge in [-0.25, -0.2) is 4.79 Å². The van der Waals surface area contributed by atoms with Gasteiger partial charge < -0.3 is 19.9 Å². The van der Waals surface area contributed by atoms with Gasteiger partial charge in [0.1, 0.15) is 11.7 Å². The highest BCUT2D eigenvalue weighted by Gasteiger charge is 2.30. The maximum absolute atomic E-state index is 12.2. The van der Waals surface area contributed by atoms with Crippen LogP contribution in [0.4, 0.5) is 0 Å². The molecule has 6 nitrogen and oxygen atoms in total. The summed E-state index contributed by atoms with van der Waals surface area (Å²) in [7, 11) is 0. The Morgan fingerprint density at radius 2 is 1.83 bits per heavy atom. The minimum atomic E-state index is -1.16. The van der Waals surface area contributed by atoms with Crippen LogP contribution in [0.2, 0.25) is 5.02 Å². The van der Waals surface area contributed by atoms with E-state index >= 15 is 0 Å². The number of nitrogens with zero attached hydrogens (tertiary/aromatic N) is 1. The Labute approximate surface area is 173 Å². The predicted molar refractivity (Wildman–Crippen MR) is 111 cm³/mol. The number of halogens is 1. The fraction of sp³-hybridized carbons (Fsp3) is 0.273. The van der Waals surface area contributed by atoms with E-state index in [0.29, 0.717) is 34.3 Å². The summed E-state index contributed by atoms with van der Waals surface area (Å²) in [6.07, 6.45) is 0. The second-order valence-corrected chi connectivity index (χ2v) is 7.90. The van der Waals surface area contributed by atoms with Crippen LogP contribution in [0.1, 0.15) is 46.9 Å². The Hall–Kier alpha value is -2.99. The summed E-state index contributed by atoms with van der Waals surface area (Å²) < 4.78 is 1.92. The first-order chi connectivity index (χ1) is 13.6. The molecular weight excluding hydrogens is 394 g/mol. The van der Waals surface area contributed by atoms with Gasteiger partial charge in [-0.2, -0.15) is 0 Å². The number of carbonyl (C=O) groups is 2. The lowest BCUT2D eigenvalue weighted by Gasteiger charge is -2.16. The molecule has 152 valence electrons. The van der Waals surface area contributed by atoms with Gasteiger partial charge in [-0.1, -0.05) is 43.6 Å². The third kappa shape index (κ3) is 3.68. The summed E-state index contributed by atoms with van der Waals surface area (Å²) in [5.74, 6) is -3.36. The fourth-order valence-electron chi connectivity index (χ4n) is 3.82. The molecule has 1 aromatic heterocycles. The van der Waals surface area contributed by atoms with Crippen molar-refractivity contribution in [3.8, 4) is 5.75 Å². The molecule has 0 amide bonds. The predicted octanol–water partition coefficient (Wildman–Crippen LogP) is 4.88. The van der Waals surface area contributed by atoms with Crippen molar-refractivity contribution in [2.75, 3.05) is 0 Å². The summed E-state index contributed by atoms with van der Waals surface area (Å²) in [4.78, 5) is 24.3. The molecule has 0 fully saturated rings. The highest BCUT2D eigenvalue weighted by molar-refractivity contribution is 6.32. The van der Waals surface area contributed by atoms with Crippen LogP contribution in [-0.4, -0.2) is 31.8 Å².